The lowest BCUT2D eigenvalue weighted by atomic mass is 9.94. The second-order valence-electron chi connectivity index (χ2n) is 12.7. The molecule has 0 aliphatic heterocycles. The molecule has 9 aromatic carbocycles. The summed E-state index contributed by atoms with van der Waals surface area (Å²) in [5, 5.41) is 3.75. The average Bonchev–Trinajstić information content (AvgIpc) is 3.68. The van der Waals surface area contributed by atoms with Crippen LogP contribution in [-0.2, 0) is 0 Å². The van der Waals surface area contributed by atoms with Gasteiger partial charge in [0, 0.05) is 32.7 Å². The molecule has 2 nitrogen and oxygen atoms in total. The zero-order valence-corrected chi connectivity index (χ0v) is 27.9. The predicted octanol–water partition coefficient (Wildman–Crippen LogP) is 14.4. The number of nitrogens with zero attached hydrogens (tertiary/aromatic N) is 1. The third kappa shape index (κ3) is 4.96. The first-order chi connectivity index (χ1) is 28.7. The smallest absolute Gasteiger partial charge is 0.143 e. The molecule has 10 aromatic rings. The molecule has 0 atom stereocenters. The number of hydrogen-bond acceptors (Lipinski definition) is 2. The molecule has 0 bridgehead atoms. The number of furan rings is 1. The van der Waals surface area contributed by atoms with Crippen LogP contribution in [0.4, 0.5) is 17.1 Å². The summed E-state index contributed by atoms with van der Waals surface area (Å²) < 4.78 is 69.8. The lowest BCUT2D eigenvalue weighted by Gasteiger charge is -2.31. The van der Waals surface area contributed by atoms with E-state index >= 15 is 0 Å². The number of para-hydroxylation sites is 2. The van der Waals surface area contributed by atoms with Crippen molar-refractivity contribution in [1.29, 1.82) is 0 Å². The molecule has 0 aliphatic carbocycles. The van der Waals surface area contributed by atoms with Gasteiger partial charge in [-0.2, -0.15) is 0 Å². The van der Waals surface area contributed by atoms with Gasteiger partial charge in [-0.15, -0.1) is 0 Å². The van der Waals surface area contributed by atoms with Crippen LogP contribution in [0.15, 0.2) is 204 Å². The number of fused-ring (bicyclic) bond motifs is 6. The number of benzene rings is 9. The first kappa shape index (κ1) is 23.5. The Morgan fingerprint density at radius 2 is 1.04 bits per heavy atom. The molecule has 244 valence electrons. The van der Waals surface area contributed by atoms with E-state index in [4.69, 9.17) is 11.3 Å². The van der Waals surface area contributed by atoms with Crippen LogP contribution in [0.2, 0.25) is 0 Å². The highest BCUT2D eigenvalue weighted by Gasteiger charge is 2.24. The van der Waals surface area contributed by atoms with Crippen molar-refractivity contribution in [3.63, 3.8) is 0 Å². The number of anilines is 3. The Morgan fingerprint density at radius 1 is 0.385 bits per heavy atom. The lowest BCUT2D eigenvalue weighted by molar-refractivity contribution is 0.673. The molecule has 0 saturated carbocycles. The first-order valence-electron chi connectivity index (χ1n) is 20.7. The summed E-state index contributed by atoms with van der Waals surface area (Å²) in [6.07, 6.45) is 0. The van der Waals surface area contributed by atoms with Crippen molar-refractivity contribution >= 4 is 60.5 Å². The van der Waals surface area contributed by atoms with E-state index in [1.54, 1.807) is 0 Å². The largest absolute Gasteiger partial charge is 0.455 e. The van der Waals surface area contributed by atoms with Crippen LogP contribution in [0, 0.1) is 0 Å². The molecule has 52 heavy (non-hydrogen) atoms. The Kier molecular flexibility index (Phi) is 5.63. The van der Waals surface area contributed by atoms with Gasteiger partial charge >= 0.3 is 0 Å². The van der Waals surface area contributed by atoms with Crippen LogP contribution in [0.1, 0.15) is 9.60 Å². The molecule has 0 unspecified atom stereocenters. The molecule has 0 saturated heterocycles. The van der Waals surface area contributed by atoms with E-state index in [0.29, 0.717) is 17.0 Å². The Morgan fingerprint density at radius 3 is 1.90 bits per heavy atom. The topological polar surface area (TPSA) is 16.4 Å². The molecule has 0 fully saturated rings. The molecule has 0 radical (unpaired) electrons. The van der Waals surface area contributed by atoms with Crippen molar-refractivity contribution < 1.29 is 14.0 Å². The molecule has 10 rings (SSSR count). The van der Waals surface area contributed by atoms with E-state index in [-0.39, 0.29) is 28.5 Å². The summed E-state index contributed by atoms with van der Waals surface area (Å²) in [5.74, 6) is 0. The zero-order chi connectivity index (χ0) is 40.5. The molecule has 1 aromatic heterocycles. The van der Waals surface area contributed by atoms with E-state index in [9.17, 15) is 2.74 Å². The summed E-state index contributed by atoms with van der Waals surface area (Å²) in [7, 11) is 0. The fourth-order valence-electron chi connectivity index (χ4n) is 7.40. The quantitative estimate of drug-likeness (QED) is 0.175. The van der Waals surface area contributed by atoms with Gasteiger partial charge in [0.1, 0.15) is 11.2 Å². The van der Waals surface area contributed by atoms with Crippen molar-refractivity contribution in [3.8, 4) is 33.4 Å². The Hall–Kier alpha value is -6.90. The second-order valence-corrected chi connectivity index (χ2v) is 12.7. The van der Waals surface area contributed by atoms with Crippen molar-refractivity contribution in [2.24, 2.45) is 0 Å². The van der Waals surface area contributed by atoms with E-state index in [0.717, 1.165) is 60.5 Å². The van der Waals surface area contributed by atoms with Gasteiger partial charge in [-0.05, 0) is 63.3 Å². The second kappa shape index (κ2) is 12.5. The average molecular weight is 671 g/mol. The van der Waals surface area contributed by atoms with E-state index in [2.05, 4.69) is 48.5 Å². The molecule has 0 spiro atoms. The standard InChI is InChI=1S/C50H33NO/c1-2-14-34(15-3-1)35-28-30-38(31-29-35)40-20-8-10-24-45(40)51(46-26-12-18-36-16-4-6-19-39(36)46)47-25-11-9-22-42(47)43-23-13-27-48-49(43)44-33-32-37-17-5-7-21-41(37)50(44)52-48/h1-33H/i4D,6D,12D,16D,18D,19D,26D. The Balaban J connectivity index is 1.30. The summed E-state index contributed by atoms with van der Waals surface area (Å²) in [6, 6.07) is 49.0. The Bertz CT molecular complexity index is 3300. The highest BCUT2D eigenvalue weighted by Crippen LogP contribution is 2.49. The van der Waals surface area contributed by atoms with Crippen LogP contribution in [0.3, 0.4) is 0 Å². The van der Waals surface area contributed by atoms with Crippen LogP contribution in [-0.4, -0.2) is 0 Å². The van der Waals surface area contributed by atoms with Crippen LogP contribution in [0.25, 0.3) is 76.9 Å². The fraction of sp³-hybridized carbons (Fsp3) is 0. The first-order valence-corrected chi connectivity index (χ1v) is 17.2. The number of rotatable bonds is 6. The van der Waals surface area contributed by atoms with Gasteiger partial charge in [0.05, 0.1) is 26.7 Å². The Labute approximate surface area is 312 Å². The highest BCUT2D eigenvalue weighted by molar-refractivity contribution is 6.20. The normalized spacial score (nSPS) is 13.3. The SMILES string of the molecule is [2H]c1c([2H])c([2H])c2c(N(c3ccccc3-c3ccc(-c4ccccc4)cc3)c3ccccc3-c3cccc4oc5c6ccccc6ccc5c34)c([2H])c([2H])c([2H])c2c1[2H]. The highest BCUT2D eigenvalue weighted by atomic mass is 16.3. The van der Waals surface area contributed by atoms with E-state index in [1.165, 1.54) is 0 Å². The third-order valence-corrected chi connectivity index (χ3v) is 9.79. The molecule has 2 heteroatoms. The van der Waals surface area contributed by atoms with Crippen LogP contribution >= 0.6 is 0 Å². The fourth-order valence-corrected chi connectivity index (χ4v) is 7.40. The maximum Gasteiger partial charge on any atom is 0.143 e. The maximum absolute atomic E-state index is 9.59. The van der Waals surface area contributed by atoms with Crippen LogP contribution < -0.4 is 4.90 Å². The summed E-state index contributed by atoms with van der Waals surface area (Å²) >= 11 is 0. The van der Waals surface area contributed by atoms with E-state index < -0.39 is 30.2 Å². The van der Waals surface area contributed by atoms with Gasteiger partial charge in [-0.1, -0.05) is 170 Å². The van der Waals surface area contributed by atoms with Gasteiger partial charge < -0.3 is 9.32 Å². The minimum Gasteiger partial charge on any atom is -0.455 e. The summed E-state index contributed by atoms with van der Waals surface area (Å²) in [6.45, 7) is 0. The molecule has 1 heterocycles. The maximum atomic E-state index is 9.59. The predicted molar refractivity (Wildman–Crippen MR) is 220 cm³/mol. The van der Waals surface area contributed by atoms with Crippen molar-refractivity contribution in [2.45, 2.75) is 0 Å². The minimum atomic E-state index is -0.504. The third-order valence-electron chi connectivity index (χ3n) is 9.79. The summed E-state index contributed by atoms with van der Waals surface area (Å²) in [4.78, 5) is 1.84. The van der Waals surface area contributed by atoms with E-state index in [1.807, 2.05) is 114 Å². The lowest BCUT2D eigenvalue weighted by Crippen LogP contribution is -2.13. The van der Waals surface area contributed by atoms with Gasteiger partial charge in [-0.25, -0.2) is 0 Å². The van der Waals surface area contributed by atoms with Crippen molar-refractivity contribution in [2.75, 3.05) is 4.90 Å². The number of hydrogen-bond donors (Lipinski definition) is 0. The van der Waals surface area contributed by atoms with Crippen molar-refractivity contribution in [1.82, 2.24) is 0 Å². The van der Waals surface area contributed by atoms with Crippen molar-refractivity contribution in [3.05, 3.63) is 200 Å². The van der Waals surface area contributed by atoms with Crippen LogP contribution in [0.5, 0.6) is 0 Å². The molecule has 0 N–H and O–H groups in total. The molecule has 0 aliphatic rings. The zero-order valence-electron chi connectivity index (χ0n) is 34.9. The molecular weight excluding hydrogens is 631 g/mol. The molecule has 0 amide bonds. The summed E-state index contributed by atoms with van der Waals surface area (Å²) in [5.41, 5.74) is 8.15. The van der Waals surface area contributed by atoms with Gasteiger partial charge in [0.15, 0.2) is 0 Å². The minimum absolute atomic E-state index is 0.00975. The van der Waals surface area contributed by atoms with Gasteiger partial charge in [-0.3, -0.25) is 0 Å². The molecular formula is C50H33NO. The van der Waals surface area contributed by atoms with Gasteiger partial charge in [0.2, 0.25) is 0 Å². The van der Waals surface area contributed by atoms with Gasteiger partial charge in [0.25, 0.3) is 0 Å². The monoisotopic (exact) mass is 670 g/mol.